The molecule has 0 aliphatic heterocycles. The zero-order chi connectivity index (χ0) is 31.3. The number of amides is 1. The summed E-state index contributed by atoms with van der Waals surface area (Å²) in [6.07, 6.45) is 2.26. The van der Waals surface area contributed by atoms with Gasteiger partial charge in [-0.2, -0.15) is 10.2 Å². The minimum absolute atomic E-state index is 0.196. The van der Waals surface area contributed by atoms with Crippen LogP contribution in [0.5, 0.6) is 5.88 Å². The summed E-state index contributed by atoms with van der Waals surface area (Å²) in [4.78, 5) is 30.6. The first-order valence-electron chi connectivity index (χ1n) is 14.1. The van der Waals surface area contributed by atoms with Gasteiger partial charge in [0, 0.05) is 26.1 Å². The van der Waals surface area contributed by atoms with Gasteiger partial charge in [0.15, 0.2) is 4.90 Å². The number of carbonyl (C=O) groups excluding carboxylic acids is 1. The molecule has 222 valence electrons. The molecule has 1 atom stereocenters. The predicted molar refractivity (Wildman–Crippen MR) is 164 cm³/mol. The van der Waals surface area contributed by atoms with Crippen molar-refractivity contribution in [1.29, 1.82) is 5.26 Å². The molecular formula is C33H34N4O5S. The van der Waals surface area contributed by atoms with Crippen LogP contribution in [0.25, 0.3) is 11.1 Å². The molecule has 9 nitrogen and oxygen atoms in total. The number of nitrogens with zero attached hydrogens (tertiary/aromatic N) is 4. The lowest BCUT2D eigenvalue weighted by atomic mass is 9.99. The first-order valence-corrected chi connectivity index (χ1v) is 15.5. The standard InChI is InChI=1S/C33H34N4O5S/c1-5-7-15-29-35-31(38)30(33(40)37(29)28(6-2)24-12-10-11-22(20-24)21-34)43(41,42)25-18-16-23(17-19-25)26-13-8-9-14-27(26)32(39)36(3)4/h8-14,16-20,28,40H,5-7,15H2,1-4H3/t28-/m0/s1. The molecule has 4 rings (SSSR count). The van der Waals surface area contributed by atoms with Gasteiger partial charge in [0.1, 0.15) is 5.82 Å². The fourth-order valence-corrected chi connectivity index (χ4v) is 6.44. The maximum atomic E-state index is 13.9. The number of aryl methyl sites for hydroxylation is 1. The normalized spacial score (nSPS) is 12.0. The van der Waals surface area contributed by atoms with E-state index in [0.29, 0.717) is 47.1 Å². The Balaban J connectivity index is 1.86. The summed E-state index contributed by atoms with van der Waals surface area (Å²) in [7, 11) is -1.21. The summed E-state index contributed by atoms with van der Waals surface area (Å²) in [5, 5.41) is 21.0. The molecule has 0 radical (unpaired) electrons. The summed E-state index contributed by atoms with van der Waals surface area (Å²) in [6.45, 7) is 3.85. The quantitative estimate of drug-likeness (QED) is 0.260. The van der Waals surface area contributed by atoms with Crippen molar-refractivity contribution in [2.45, 2.75) is 55.4 Å². The maximum absolute atomic E-state index is 13.9. The smallest absolute Gasteiger partial charge is 0.296 e. The third-order valence-electron chi connectivity index (χ3n) is 7.30. The first-order chi connectivity index (χ1) is 20.5. The van der Waals surface area contributed by atoms with Gasteiger partial charge < -0.3 is 10.0 Å². The van der Waals surface area contributed by atoms with Crippen molar-refractivity contribution in [3.8, 4) is 23.1 Å². The molecule has 4 aromatic rings. The number of aromatic nitrogens is 2. The molecule has 43 heavy (non-hydrogen) atoms. The van der Waals surface area contributed by atoms with Crippen molar-refractivity contribution in [3.05, 3.63) is 106 Å². The van der Waals surface area contributed by atoms with Gasteiger partial charge in [0.25, 0.3) is 11.5 Å². The van der Waals surface area contributed by atoms with Crippen LogP contribution in [0.2, 0.25) is 0 Å². The lowest BCUT2D eigenvalue weighted by Crippen LogP contribution is -2.27. The fourth-order valence-electron chi connectivity index (χ4n) is 5.10. The lowest BCUT2D eigenvalue weighted by Gasteiger charge is -2.25. The van der Waals surface area contributed by atoms with E-state index in [0.717, 1.165) is 6.42 Å². The monoisotopic (exact) mass is 598 g/mol. The molecule has 1 aromatic heterocycles. The van der Waals surface area contributed by atoms with Crippen LogP contribution in [-0.4, -0.2) is 48.0 Å². The zero-order valence-corrected chi connectivity index (χ0v) is 25.4. The van der Waals surface area contributed by atoms with Crippen LogP contribution >= 0.6 is 0 Å². The average Bonchev–Trinajstić information content (AvgIpc) is 3.01. The number of benzene rings is 3. The molecule has 1 amide bonds. The van der Waals surface area contributed by atoms with Crippen LogP contribution in [-0.2, 0) is 16.3 Å². The van der Waals surface area contributed by atoms with E-state index in [1.165, 1.54) is 21.6 Å². The van der Waals surface area contributed by atoms with Crippen LogP contribution in [0.1, 0.15) is 66.5 Å². The SMILES string of the molecule is CCCCc1nc(=O)c(S(=O)(=O)c2ccc(-c3ccccc3C(=O)N(C)C)cc2)c(O)n1[C@@H](CC)c1cccc(C#N)c1. The summed E-state index contributed by atoms with van der Waals surface area (Å²) in [5.74, 6) is -0.612. The van der Waals surface area contributed by atoms with Crippen molar-refractivity contribution in [2.75, 3.05) is 14.1 Å². The number of carbonyl (C=O) groups is 1. The van der Waals surface area contributed by atoms with E-state index in [1.54, 1.807) is 74.8 Å². The van der Waals surface area contributed by atoms with Crippen molar-refractivity contribution in [3.63, 3.8) is 0 Å². The van der Waals surface area contributed by atoms with Gasteiger partial charge in [-0.1, -0.05) is 62.7 Å². The zero-order valence-electron chi connectivity index (χ0n) is 24.6. The topological polar surface area (TPSA) is 133 Å². The molecule has 0 spiro atoms. The number of sulfone groups is 1. The Morgan fingerprint density at radius 1 is 1.05 bits per heavy atom. The molecule has 0 bridgehead atoms. The fraction of sp³-hybridized carbons (Fsp3) is 0.273. The second-order valence-corrected chi connectivity index (χ2v) is 12.3. The molecule has 1 heterocycles. The Kier molecular flexibility index (Phi) is 9.46. The molecule has 0 saturated heterocycles. The van der Waals surface area contributed by atoms with Crippen LogP contribution in [0.3, 0.4) is 0 Å². The highest BCUT2D eigenvalue weighted by Crippen LogP contribution is 2.34. The number of unbranched alkanes of at least 4 members (excludes halogenated alkanes) is 1. The van der Waals surface area contributed by atoms with Gasteiger partial charge in [-0.25, -0.2) is 8.42 Å². The van der Waals surface area contributed by atoms with E-state index >= 15 is 0 Å². The number of hydrogen-bond acceptors (Lipinski definition) is 7. The van der Waals surface area contributed by atoms with Crippen LogP contribution < -0.4 is 5.56 Å². The molecule has 1 N–H and O–H groups in total. The van der Waals surface area contributed by atoms with E-state index in [4.69, 9.17) is 0 Å². The van der Waals surface area contributed by atoms with Crippen molar-refractivity contribution in [1.82, 2.24) is 14.5 Å². The molecule has 10 heteroatoms. The molecule has 0 unspecified atom stereocenters. The van der Waals surface area contributed by atoms with Crippen LogP contribution in [0, 0.1) is 11.3 Å². The summed E-state index contributed by atoms with van der Waals surface area (Å²) in [5.41, 5.74) is 1.76. The van der Waals surface area contributed by atoms with Crippen molar-refractivity contribution >= 4 is 15.7 Å². The highest BCUT2D eigenvalue weighted by Gasteiger charge is 2.32. The Morgan fingerprint density at radius 3 is 2.37 bits per heavy atom. The Bertz CT molecular complexity index is 1860. The van der Waals surface area contributed by atoms with Gasteiger partial charge in [-0.3, -0.25) is 14.2 Å². The predicted octanol–water partition coefficient (Wildman–Crippen LogP) is 5.36. The Morgan fingerprint density at radius 2 is 1.74 bits per heavy atom. The van der Waals surface area contributed by atoms with E-state index in [1.807, 2.05) is 13.8 Å². The lowest BCUT2D eigenvalue weighted by molar-refractivity contribution is 0.0828. The minimum Gasteiger partial charge on any atom is -0.493 e. The highest BCUT2D eigenvalue weighted by molar-refractivity contribution is 7.91. The summed E-state index contributed by atoms with van der Waals surface area (Å²) >= 11 is 0. The molecular weight excluding hydrogens is 564 g/mol. The molecule has 0 saturated carbocycles. The molecule has 0 aliphatic carbocycles. The number of nitriles is 1. The average molecular weight is 599 g/mol. The number of aromatic hydroxyl groups is 1. The summed E-state index contributed by atoms with van der Waals surface area (Å²) < 4.78 is 29.2. The third kappa shape index (κ3) is 6.22. The molecule has 0 fully saturated rings. The molecule has 3 aromatic carbocycles. The maximum Gasteiger partial charge on any atom is 0.296 e. The van der Waals surface area contributed by atoms with Gasteiger partial charge in [0.05, 0.1) is 22.6 Å². The van der Waals surface area contributed by atoms with E-state index in [9.17, 15) is 28.4 Å². The summed E-state index contributed by atoms with van der Waals surface area (Å²) in [6, 6.07) is 21.2. The van der Waals surface area contributed by atoms with E-state index in [2.05, 4.69) is 11.1 Å². The van der Waals surface area contributed by atoms with E-state index < -0.39 is 32.2 Å². The Labute approximate surface area is 251 Å². The third-order valence-corrected chi connectivity index (χ3v) is 9.08. The van der Waals surface area contributed by atoms with E-state index in [-0.39, 0.29) is 16.6 Å². The molecule has 0 aliphatic rings. The number of hydrogen-bond donors (Lipinski definition) is 1. The van der Waals surface area contributed by atoms with Gasteiger partial charge >= 0.3 is 0 Å². The van der Waals surface area contributed by atoms with Gasteiger partial charge in [-0.15, -0.1) is 0 Å². The number of rotatable bonds is 10. The van der Waals surface area contributed by atoms with Crippen molar-refractivity contribution < 1.29 is 18.3 Å². The van der Waals surface area contributed by atoms with Crippen LogP contribution in [0.15, 0.2) is 87.4 Å². The first kappa shape index (κ1) is 31.2. The highest BCUT2D eigenvalue weighted by atomic mass is 32.2. The minimum atomic E-state index is -4.51. The Hall–Kier alpha value is -4.75. The van der Waals surface area contributed by atoms with Gasteiger partial charge in [-0.05, 0) is 59.9 Å². The second-order valence-electron chi connectivity index (χ2n) is 10.4. The largest absolute Gasteiger partial charge is 0.493 e. The van der Waals surface area contributed by atoms with Crippen LogP contribution in [0.4, 0.5) is 0 Å². The van der Waals surface area contributed by atoms with Crippen molar-refractivity contribution in [2.24, 2.45) is 0 Å². The van der Waals surface area contributed by atoms with Gasteiger partial charge in [0.2, 0.25) is 15.7 Å². The second kappa shape index (κ2) is 13.0.